The monoisotopic (exact) mass is 454 g/mol. The fourth-order valence-corrected chi connectivity index (χ4v) is 5.33. The first-order valence-corrected chi connectivity index (χ1v) is 11.5. The molecule has 0 spiro atoms. The van der Waals surface area contributed by atoms with Crippen LogP contribution in [-0.2, 0) is 28.4 Å². The van der Waals surface area contributed by atoms with E-state index in [0.717, 1.165) is 5.56 Å². The van der Waals surface area contributed by atoms with E-state index in [1.165, 1.54) is 10.5 Å². The number of aryl methyl sites for hydroxylation is 2. The molecule has 1 saturated heterocycles. The zero-order valence-electron chi connectivity index (χ0n) is 17.6. The summed E-state index contributed by atoms with van der Waals surface area (Å²) in [4.78, 5) is 18.7. The van der Waals surface area contributed by atoms with Crippen LogP contribution in [0.3, 0.4) is 0 Å². The van der Waals surface area contributed by atoms with Crippen molar-refractivity contribution in [2.45, 2.75) is 31.3 Å². The molecule has 2 heterocycles. The van der Waals surface area contributed by atoms with Gasteiger partial charge < -0.3 is 14.2 Å². The van der Waals surface area contributed by atoms with Gasteiger partial charge in [0.2, 0.25) is 5.91 Å². The summed E-state index contributed by atoms with van der Waals surface area (Å²) in [6.07, 6.45) is 2.47. The molecule has 0 radical (unpaired) electrons. The average Bonchev–Trinajstić information content (AvgIpc) is 3.07. The normalized spacial score (nSPS) is 15.9. The van der Waals surface area contributed by atoms with Gasteiger partial charge in [-0.2, -0.15) is 4.31 Å². The van der Waals surface area contributed by atoms with Crippen molar-refractivity contribution in [2.24, 2.45) is 13.0 Å². The summed E-state index contributed by atoms with van der Waals surface area (Å²) in [5.41, 5.74) is 0.825. The van der Waals surface area contributed by atoms with Crippen LogP contribution in [0.15, 0.2) is 29.4 Å². The predicted octanol–water partition coefficient (Wildman–Crippen LogP) is 2.45. The SMILES string of the molecule is COc1ccc(Cl)cc1CN(C)C(=O)C1CCN(S(=O)(=O)c2cn(C)c(C)n2)CC1. The number of benzene rings is 1. The van der Waals surface area contributed by atoms with Crippen molar-refractivity contribution >= 4 is 27.5 Å². The Bertz CT molecular complexity index is 1010. The lowest BCUT2D eigenvalue weighted by atomic mass is 9.96. The van der Waals surface area contributed by atoms with Gasteiger partial charge in [-0.25, -0.2) is 13.4 Å². The van der Waals surface area contributed by atoms with Crippen LogP contribution in [0.5, 0.6) is 5.75 Å². The molecule has 3 rings (SSSR count). The van der Waals surface area contributed by atoms with Crippen molar-refractivity contribution in [3.63, 3.8) is 0 Å². The number of piperidine rings is 1. The number of amides is 1. The van der Waals surface area contributed by atoms with Crippen molar-refractivity contribution in [2.75, 3.05) is 27.2 Å². The van der Waals surface area contributed by atoms with E-state index in [9.17, 15) is 13.2 Å². The van der Waals surface area contributed by atoms with E-state index >= 15 is 0 Å². The third-order valence-electron chi connectivity index (χ3n) is 5.52. The summed E-state index contributed by atoms with van der Waals surface area (Å²) in [6.45, 7) is 2.72. The number of hydrogen-bond acceptors (Lipinski definition) is 5. The standard InChI is InChI=1S/C20H27ClN4O4S/c1-14-22-19(13-23(14)2)30(27,28)25-9-7-15(8-10-25)20(26)24(3)12-16-11-17(21)5-6-18(16)29-4/h5-6,11,13,15H,7-10,12H2,1-4H3. The maximum atomic E-state index is 12.9. The number of carbonyl (C=O) groups is 1. The van der Waals surface area contributed by atoms with Gasteiger partial charge in [0, 0.05) is 56.4 Å². The van der Waals surface area contributed by atoms with Crippen LogP contribution in [0, 0.1) is 12.8 Å². The predicted molar refractivity (Wildman–Crippen MR) is 114 cm³/mol. The van der Waals surface area contributed by atoms with Crippen molar-refractivity contribution in [1.29, 1.82) is 0 Å². The molecule has 164 valence electrons. The van der Waals surface area contributed by atoms with Crippen molar-refractivity contribution in [1.82, 2.24) is 18.8 Å². The second-order valence-corrected chi connectivity index (χ2v) is 9.89. The quantitative estimate of drug-likeness (QED) is 0.669. The van der Waals surface area contributed by atoms with Crippen LogP contribution in [0.1, 0.15) is 24.2 Å². The maximum absolute atomic E-state index is 12.9. The lowest BCUT2D eigenvalue weighted by molar-refractivity contribution is -0.135. The van der Waals surface area contributed by atoms with Crippen molar-refractivity contribution in [3.05, 3.63) is 40.8 Å². The topological polar surface area (TPSA) is 84.7 Å². The van der Waals surface area contributed by atoms with E-state index in [4.69, 9.17) is 16.3 Å². The Kier molecular flexibility index (Phi) is 6.74. The minimum Gasteiger partial charge on any atom is -0.496 e. The molecule has 1 aromatic heterocycles. The molecule has 0 saturated carbocycles. The Balaban J connectivity index is 1.63. The molecule has 0 unspecified atom stereocenters. The van der Waals surface area contributed by atoms with E-state index in [0.29, 0.717) is 49.1 Å². The Morgan fingerprint density at radius 3 is 2.57 bits per heavy atom. The minimum atomic E-state index is -3.65. The summed E-state index contributed by atoms with van der Waals surface area (Å²) in [5, 5.41) is 0.632. The number of rotatable bonds is 6. The third kappa shape index (κ3) is 4.63. The minimum absolute atomic E-state index is 0.0113. The van der Waals surface area contributed by atoms with Gasteiger partial charge in [-0.15, -0.1) is 0 Å². The summed E-state index contributed by atoms with van der Waals surface area (Å²) >= 11 is 6.08. The average molecular weight is 455 g/mol. The van der Waals surface area contributed by atoms with Crippen LogP contribution in [0.2, 0.25) is 5.02 Å². The maximum Gasteiger partial charge on any atom is 0.262 e. The molecule has 1 aliphatic rings. The Morgan fingerprint density at radius 2 is 2.00 bits per heavy atom. The Hall–Kier alpha value is -2.10. The zero-order valence-corrected chi connectivity index (χ0v) is 19.2. The van der Waals surface area contributed by atoms with Crippen LogP contribution in [0.25, 0.3) is 0 Å². The molecular formula is C20H27ClN4O4S. The van der Waals surface area contributed by atoms with E-state index in [1.807, 2.05) is 0 Å². The first-order valence-electron chi connectivity index (χ1n) is 9.71. The van der Waals surface area contributed by atoms with Crippen LogP contribution < -0.4 is 4.74 Å². The van der Waals surface area contributed by atoms with Gasteiger partial charge in [0.05, 0.1) is 7.11 Å². The molecule has 1 aromatic carbocycles. The molecule has 8 nitrogen and oxygen atoms in total. The van der Waals surface area contributed by atoms with E-state index < -0.39 is 10.0 Å². The van der Waals surface area contributed by atoms with Gasteiger partial charge in [0.1, 0.15) is 11.6 Å². The molecule has 0 atom stereocenters. The smallest absolute Gasteiger partial charge is 0.262 e. The van der Waals surface area contributed by atoms with Gasteiger partial charge in [0.25, 0.3) is 10.0 Å². The fraction of sp³-hybridized carbons (Fsp3) is 0.500. The summed E-state index contributed by atoms with van der Waals surface area (Å²) in [6, 6.07) is 5.30. The molecule has 2 aromatic rings. The van der Waals surface area contributed by atoms with Crippen LogP contribution in [0.4, 0.5) is 0 Å². The fourth-order valence-electron chi connectivity index (χ4n) is 3.64. The number of carbonyl (C=O) groups excluding carboxylic acids is 1. The van der Waals surface area contributed by atoms with Crippen LogP contribution >= 0.6 is 11.6 Å². The molecule has 1 amide bonds. The van der Waals surface area contributed by atoms with E-state index in [1.54, 1.807) is 55.8 Å². The number of ether oxygens (including phenoxy) is 1. The number of sulfonamides is 1. The number of methoxy groups -OCH3 is 1. The summed E-state index contributed by atoms with van der Waals surface area (Å²) in [5.74, 6) is 1.07. The molecule has 0 aliphatic carbocycles. The van der Waals surface area contributed by atoms with Gasteiger partial charge in [-0.3, -0.25) is 4.79 Å². The van der Waals surface area contributed by atoms with Crippen molar-refractivity contribution in [3.8, 4) is 5.75 Å². The highest BCUT2D eigenvalue weighted by atomic mass is 35.5. The van der Waals surface area contributed by atoms with E-state index in [2.05, 4.69) is 4.98 Å². The first kappa shape index (κ1) is 22.6. The van der Waals surface area contributed by atoms with Gasteiger partial charge >= 0.3 is 0 Å². The van der Waals surface area contributed by atoms with Gasteiger partial charge in [-0.1, -0.05) is 11.6 Å². The number of halogens is 1. The van der Waals surface area contributed by atoms with Crippen molar-refractivity contribution < 1.29 is 17.9 Å². The summed E-state index contributed by atoms with van der Waals surface area (Å²) in [7, 11) is 1.43. The number of imidazole rings is 1. The highest BCUT2D eigenvalue weighted by molar-refractivity contribution is 7.89. The lowest BCUT2D eigenvalue weighted by Gasteiger charge is -2.32. The molecule has 10 heteroatoms. The third-order valence-corrected chi connectivity index (χ3v) is 7.53. The van der Waals surface area contributed by atoms with Gasteiger partial charge in [0.15, 0.2) is 5.03 Å². The number of aromatic nitrogens is 2. The highest BCUT2D eigenvalue weighted by Gasteiger charge is 2.34. The Morgan fingerprint density at radius 1 is 1.33 bits per heavy atom. The highest BCUT2D eigenvalue weighted by Crippen LogP contribution is 2.27. The molecule has 1 fully saturated rings. The second-order valence-electron chi connectivity index (χ2n) is 7.57. The lowest BCUT2D eigenvalue weighted by Crippen LogP contribution is -2.43. The van der Waals surface area contributed by atoms with E-state index in [-0.39, 0.29) is 16.9 Å². The summed E-state index contributed by atoms with van der Waals surface area (Å²) < 4.78 is 34.1. The number of hydrogen-bond donors (Lipinski definition) is 0. The number of nitrogens with zero attached hydrogens (tertiary/aromatic N) is 4. The zero-order chi connectivity index (χ0) is 22.1. The largest absolute Gasteiger partial charge is 0.496 e. The molecular weight excluding hydrogens is 428 g/mol. The second kappa shape index (κ2) is 8.95. The molecule has 1 aliphatic heterocycles. The molecule has 30 heavy (non-hydrogen) atoms. The van der Waals surface area contributed by atoms with Gasteiger partial charge in [-0.05, 0) is 38.0 Å². The van der Waals surface area contributed by atoms with Crippen LogP contribution in [-0.4, -0.2) is 60.3 Å². The first-order chi connectivity index (χ1) is 14.1. The molecule has 0 bridgehead atoms. The molecule has 0 N–H and O–H groups in total. The Labute approximate surface area is 182 Å².